The Balaban J connectivity index is 1.69. The number of anilines is 1. The van der Waals surface area contributed by atoms with Gasteiger partial charge in [-0.2, -0.15) is 5.26 Å². The van der Waals surface area contributed by atoms with Gasteiger partial charge in [-0.25, -0.2) is 0 Å². The van der Waals surface area contributed by atoms with Crippen molar-refractivity contribution >= 4 is 17.4 Å². The number of ketones is 1. The molecule has 2 atom stereocenters. The maximum Gasteiger partial charge on any atom is 0.247 e. The van der Waals surface area contributed by atoms with E-state index in [1.54, 1.807) is 32.4 Å². The summed E-state index contributed by atoms with van der Waals surface area (Å²) in [6, 6.07) is 16.8. The molecular formula is C25H21N3O4. The summed E-state index contributed by atoms with van der Waals surface area (Å²) in [7, 11) is 3.24. The number of allylic oxidation sites excluding steroid dienone is 1. The summed E-state index contributed by atoms with van der Waals surface area (Å²) in [6.45, 7) is 0. The molecule has 0 bridgehead atoms. The summed E-state index contributed by atoms with van der Waals surface area (Å²) in [5.41, 5.74) is 7.01. The Kier molecular flexibility index (Phi) is 4.34. The van der Waals surface area contributed by atoms with Gasteiger partial charge in [-0.15, -0.1) is 0 Å². The molecule has 0 saturated heterocycles. The van der Waals surface area contributed by atoms with Gasteiger partial charge < -0.3 is 20.1 Å². The van der Waals surface area contributed by atoms with Gasteiger partial charge in [0.15, 0.2) is 5.78 Å². The van der Waals surface area contributed by atoms with Gasteiger partial charge >= 0.3 is 0 Å². The Morgan fingerprint density at radius 2 is 1.88 bits per heavy atom. The number of benzene rings is 2. The number of hydrogen-bond donors (Lipinski definition) is 1. The third-order valence-electron chi connectivity index (χ3n) is 6.64. The normalized spacial score (nSPS) is 24.3. The molecule has 2 aromatic carbocycles. The van der Waals surface area contributed by atoms with Gasteiger partial charge in [-0.1, -0.05) is 30.3 Å². The standard InChI is InChI=1S/C25H21N3O4/c1-28-19-6-4-3-5-17(19)25(24(28)30)18(13-26)23(27)32-21-12-15(11-20(29)22(21)25)14-7-9-16(31-2)10-8-14/h3-10,15H,11-12,27H2,1-2H3/t15-,25+/m0/s1. The van der Waals surface area contributed by atoms with E-state index in [-0.39, 0.29) is 41.1 Å². The van der Waals surface area contributed by atoms with E-state index in [2.05, 4.69) is 6.07 Å². The summed E-state index contributed by atoms with van der Waals surface area (Å²) in [5, 5.41) is 9.99. The average Bonchev–Trinajstić information content (AvgIpc) is 3.02. The predicted molar refractivity (Wildman–Crippen MR) is 116 cm³/mol. The molecule has 0 aromatic heterocycles. The quantitative estimate of drug-likeness (QED) is 0.790. The number of amides is 1. The van der Waals surface area contributed by atoms with E-state index in [1.807, 2.05) is 30.3 Å². The van der Waals surface area contributed by atoms with Crippen LogP contribution in [0.3, 0.4) is 0 Å². The second-order valence-electron chi connectivity index (χ2n) is 8.18. The molecule has 0 radical (unpaired) electrons. The van der Waals surface area contributed by atoms with E-state index in [4.69, 9.17) is 15.2 Å². The van der Waals surface area contributed by atoms with Crippen LogP contribution in [-0.2, 0) is 19.7 Å². The number of likely N-dealkylation sites (N-methyl/N-ethyl adjacent to an activating group) is 1. The topological polar surface area (TPSA) is 106 Å². The molecule has 160 valence electrons. The molecule has 0 fully saturated rings. The van der Waals surface area contributed by atoms with Crippen LogP contribution in [0.1, 0.15) is 29.9 Å². The molecule has 0 unspecified atom stereocenters. The summed E-state index contributed by atoms with van der Waals surface area (Å²) < 4.78 is 11.1. The van der Waals surface area contributed by atoms with Crippen LogP contribution in [0.4, 0.5) is 5.69 Å². The third-order valence-corrected chi connectivity index (χ3v) is 6.64. The molecule has 7 nitrogen and oxygen atoms in total. The highest BCUT2D eigenvalue weighted by Crippen LogP contribution is 2.56. The first kappa shape index (κ1) is 19.9. The number of ether oxygens (including phenoxy) is 2. The van der Waals surface area contributed by atoms with Crippen LogP contribution in [0.2, 0.25) is 0 Å². The van der Waals surface area contributed by atoms with Crippen LogP contribution < -0.4 is 15.4 Å². The van der Waals surface area contributed by atoms with Gasteiger partial charge in [-0.3, -0.25) is 9.59 Å². The van der Waals surface area contributed by atoms with Gasteiger partial charge in [0, 0.05) is 31.1 Å². The summed E-state index contributed by atoms with van der Waals surface area (Å²) in [5.74, 6) is 0.233. The lowest BCUT2D eigenvalue weighted by Gasteiger charge is -2.39. The Bertz CT molecular complexity index is 1270. The van der Waals surface area contributed by atoms with Gasteiger partial charge in [-0.05, 0) is 29.7 Å². The third kappa shape index (κ3) is 2.47. The van der Waals surface area contributed by atoms with Crippen molar-refractivity contribution in [3.63, 3.8) is 0 Å². The van der Waals surface area contributed by atoms with Crippen molar-refractivity contribution in [1.29, 1.82) is 5.26 Å². The molecule has 2 aromatic rings. The van der Waals surface area contributed by atoms with Crippen molar-refractivity contribution in [2.75, 3.05) is 19.1 Å². The van der Waals surface area contributed by atoms with Crippen LogP contribution >= 0.6 is 0 Å². The molecule has 2 heterocycles. The Hall–Kier alpha value is -4.05. The number of nitrogens with zero attached hydrogens (tertiary/aromatic N) is 2. The number of fused-ring (bicyclic) bond motifs is 3. The van der Waals surface area contributed by atoms with E-state index >= 15 is 0 Å². The van der Waals surface area contributed by atoms with Gasteiger partial charge in [0.2, 0.25) is 11.8 Å². The summed E-state index contributed by atoms with van der Waals surface area (Å²) in [4.78, 5) is 28.8. The molecule has 1 amide bonds. The van der Waals surface area contributed by atoms with E-state index < -0.39 is 5.41 Å². The molecule has 5 rings (SSSR count). The predicted octanol–water partition coefficient (Wildman–Crippen LogP) is 3.03. The SMILES string of the molecule is COc1ccc([C@H]2CC(=O)C3=C(C2)OC(N)=C(C#N)[C@@]32C(=O)N(C)c3ccccc32)cc1. The first-order chi connectivity index (χ1) is 15.4. The van der Waals surface area contributed by atoms with E-state index in [9.17, 15) is 14.9 Å². The molecule has 2 N–H and O–H groups in total. The number of para-hydroxylation sites is 1. The minimum absolute atomic E-state index is 0.0331. The monoisotopic (exact) mass is 427 g/mol. The van der Waals surface area contributed by atoms with Crippen molar-refractivity contribution in [3.05, 3.63) is 82.4 Å². The van der Waals surface area contributed by atoms with E-state index in [0.29, 0.717) is 23.4 Å². The van der Waals surface area contributed by atoms with Crippen molar-refractivity contribution < 1.29 is 19.1 Å². The highest BCUT2D eigenvalue weighted by atomic mass is 16.5. The zero-order chi connectivity index (χ0) is 22.6. The molecule has 1 aliphatic carbocycles. The average molecular weight is 427 g/mol. The highest BCUT2D eigenvalue weighted by molar-refractivity contribution is 6.19. The number of carbonyl (C=O) groups excluding carboxylic acids is 2. The molecule has 3 aliphatic rings. The van der Waals surface area contributed by atoms with Crippen molar-refractivity contribution in [1.82, 2.24) is 0 Å². The van der Waals surface area contributed by atoms with Crippen LogP contribution in [0.25, 0.3) is 0 Å². The first-order valence-electron chi connectivity index (χ1n) is 10.3. The van der Waals surface area contributed by atoms with Gasteiger partial charge in [0.25, 0.3) is 0 Å². The van der Waals surface area contributed by atoms with Gasteiger partial charge in [0.05, 0.1) is 12.7 Å². The van der Waals surface area contributed by atoms with Crippen LogP contribution in [0, 0.1) is 11.3 Å². The number of methoxy groups -OCH3 is 1. The molecule has 1 spiro atoms. The second-order valence-corrected chi connectivity index (χ2v) is 8.18. The minimum Gasteiger partial charge on any atom is -0.497 e. The fraction of sp³-hybridized carbons (Fsp3) is 0.240. The lowest BCUT2D eigenvalue weighted by molar-refractivity contribution is -0.124. The number of rotatable bonds is 2. The van der Waals surface area contributed by atoms with E-state index in [1.165, 1.54) is 4.90 Å². The fourth-order valence-electron chi connectivity index (χ4n) is 5.18. The lowest BCUT2D eigenvalue weighted by atomic mass is 9.63. The van der Waals surface area contributed by atoms with Crippen LogP contribution in [-0.4, -0.2) is 25.8 Å². The molecule has 32 heavy (non-hydrogen) atoms. The van der Waals surface area contributed by atoms with Crippen molar-refractivity contribution in [2.45, 2.75) is 24.2 Å². The number of nitriles is 1. The summed E-state index contributed by atoms with van der Waals surface area (Å²) >= 11 is 0. The first-order valence-corrected chi connectivity index (χ1v) is 10.3. The zero-order valence-electron chi connectivity index (χ0n) is 17.7. The summed E-state index contributed by atoms with van der Waals surface area (Å²) in [6.07, 6.45) is 0.599. The number of Topliss-reactive ketones (excluding diaryl/α,β-unsaturated/α-hetero) is 1. The molecule has 0 saturated carbocycles. The Morgan fingerprint density at radius 3 is 2.56 bits per heavy atom. The smallest absolute Gasteiger partial charge is 0.247 e. The van der Waals surface area contributed by atoms with Crippen LogP contribution in [0.5, 0.6) is 5.75 Å². The molecular weight excluding hydrogens is 406 g/mol. The highest BCUT2D eigenvalue weighted by Gasteiger charge is 2.61. The second kappa shape index (κ2) is 6.99. The molecule has 7 heteroatoms. The number of hydrogen-bond acceptors (Lipinski definition) is 6. The van der Waals surface area contributed by atoms with Crippen molar-refractivity contribution in [3.8, 4) is 11.8 Å². The van der Waals surface area contributed by atoms with Gasteiger partial charge in [0.1, 0.15) is 28.6 Å². The maximum absolute atomic E-state index is 13.7. The fourth-order valence-corrected chi connectivity index (χ4v) is 5.18. The molecule has 2 aliphatic heterocycles. The van der Waals surface area contributed by atoms with Crippen molar-refractivity contribution in [2.24, 2.45) is 5.73 Å². The Morgan fingerprint density at radius 1 is 1.16 bits per heavy atom. The lowest BCUT2D eigenvalue weighted by Crippen LogP contribution is -2.48. The number of carbonyl (C=O) groups is 2. The Labute approximate surface area is 185 Å². The number of nitrogens with two attached hydrogens (primary N) is 1. The zero-order valence-corrected chi connectivity index (χ0v) is 17.7. The minimum atomic E-state index is -1.57. The van der Waals surface area contributed by atoms with E-state index in [0.717, 1.165) is 11.3 Å². The largest absolute Gasteiger partial charge is 0.497 e. The maximum atomic E-state index is 13.7. The van der Waals surface area contributed by atoms with Crippen LogP contribution in [0.15, 0.2) is 71.3 Å².